The topological polar surface area (TPSA) is 18.5 Å². The van der Waals surface area contributed by atoms with E-state index in [2.05, 4.69) is 15.9 Å². The second kappa shape index (κ2) is 7.10. The molecule has 0 fully saturated rings. The van der Waals surface area contributed by atoms with Gasteiger partial charge in [0.05, 0.1) is 13.2 Å². The quantitative estimate of drug-likeness (QED) is 0.588. The summed E-state index contributed by atoms with van der Waals surface area (Å²) < 4.78 is 11.6. The molecule has 0 aliphatic heterocycles. The Morgan fingerprint density at radius 1 is 1.07 bits per heavy atom. The van der Waals surface area contributed by atoms with Crippen molar-refractivity contribution in [3.8, 4) is 5.75 Å². The van der Waals surface area contributed by atoms with Gasteiger partial charge in [-0.1, -0.05) is 15.9 Å². The number of hydrogen-bond acceptors (Lipinski definition) is 2. The molecule has 0 saturated carbocycles. The predicted molar refractivity (Wildman–Crippen MR) is 61.2 cm³/mol. The van der Waals surface area contributed by atoms with Crippen LogP contribution in [0.25, 0.3) is 0 Å². The molecule has 1 aromatic carbocycles. The third-order valence-corrected chi connectivity index (χ3v) is 2.21. The maximum absolute atomic E-state index is 5.44. The lowest BCUT2D eigenvalue weighted by Gasteiger charge is -2.05. The van der Waals surface area contributed by atoms with Crippen molar-refractivity contribution in [2.45, 2.75) is 0 Å². The number of ether oxygens (including phenoxy) is 2. The predicted octanol–water partition coefficient (Wildman–Crippen LogP) is 3.08. The van der Waals surface area contributed by atoms with E-state index in [1.165, 1.54) is 0 Å². The molecule has 14 heavy (non-hydrogen) atoms. The smallest absolute Gasteiger partial charge is 0.119 e. The molecule has 0 heterocycles. The molecule has 0 amide bonds. The van der Waals surface area contributed by atoms with E-state index in [1.807, 2.05) is 24.3 Å². The number of halogens is 2. The normalized spacial score (nSPS) is 10.1. The van der Waals surface area contributed by atoms with Crippen molar-refractivity contribution in [2.75, 3.05) is 25.7 Å². The zero-order valence-electron chi connectivity index (χ0n) is 7.71. The van der Waals surface area contributed by atoms with Crippen molar-refractivity contribution in [2.24, 2.45) is 0 Å². The Bertz CT molecular complexity index is 251. The molecular weight excluding hydrogens is 267 g/mol. The minimum atomic E-state index is 0.526. The molecule has 0 radical (unpaired) electrons. The van der Waals surface area contributed by atoms with Gasteiger partial charge in [0, 0.05) is 10.4 Å². The van der Waals surface area contributed by atoms with Crippen molar-refractivity contribution in [1.29, 1.82) is 0 Å². The first-order chi connectivity index (χ1) is 6.83. The van der Waals surface area contributed by atoms with E-state index < -0.39 is 0 Å². The molecule has 0 unspecified atom stereocenters. The van der Waals surface area contributed by atoms with Crippen LogP contribution in [-0.2, 0) is 4.74 Å². The van der Waals surface area contributed by atoms with Gasteiger partial charge in [-0.3, -0.25) is 0 Å². The molecule has 0 atom stereocenters. The Hall–Kier alpha value is -0.250. The van der Waals surface area contributed by atoms with Crippen LogP contribution in [0.2, 0.25) is 0 Å². The van der Waals surface area contributed by atoms with Gasteiger partial charge >= 0.3 is 0 Å². The van der Waals surface area contributed by atoms with Crippen LogP contribution in [0.3, 0.4) is 0 Å². The molecule has 78 valence electrons. The summed E-state index contributed by atoms with van der Waals surface area (Å²) in [5, 5.41) is 0. The second-order valence-corrected chi connectivity index (χ2v) is 3.90. The van der Waals surface area contributed by atoms with Crippen LogP contribution in [0.5, 0.6) is 5.75 Å². The Morgan fingerprint density at radius 2 is 1.79 bits per heavy atom. The van der Waals surface area contributed by atoms with Gasteiger partial charge in [0.1, 0.15) is 12.4 Å². The van der Waals surface area contributed by atoms with E-state index in [0.29, 0.717) is 25.7 Å². The van der Waals surface area contributed by atoms with Gasteiger partial charge in [-0.2, -0.15) is 0 Å². The molecule has 2 nitrogen and oxygen atoms in total. The molecular formula is C10H12BrClO2. The molecule has 4 heteroatoms. The SMILES string of the molecule is ClCCOCCOc1ccc(Br)cc1. The van der Waals surface area contributed by atoms with Crippen LogP contribution < -0.4 is 4.74 Å². The van der Waals surface area contributed by atoms with Crippen LogP contribution in [0.1, 0.15) is 0 Å². The molecule has 0 N–H and O–H groups in total. The van der Waals surface area contributed by atoms with E-state index in [-0.39, 0.29) is 0 Å². The van der Waals surface area contributed by atoms with Crippen LogP contribution in [0, 0.1) is 0 Å². The summed E-state index contributed by atoms with van der Waals surface area (Å²) in [4.78, 5) is 0. The average molecular weight is 280 g/mol. The summed E-state index contributed by atoms with van der Waals surface area (Å²) in [6, 6.07) is 7.70. The summed E-state index contributed by atoms with van der Waals surface area (Å²) >= 11 is 8.80. The number of rotatable bonds is 6. The molecule has 0 spiro atoms. The van der Waals surface area contributed by atoms with Crippen molar-refractivity contribution >= 4 is 27.5 Å². The number of alkyl halides is 1. The van der Waals surface area contributed by atoms with Crippen molar-refractivity contribution < 1.29 is 9.47 Å². The molecule has 0 aliphatic carbocycles. The second-order valence-electron chi connectivity index (χ2n) is 2.60. The fourth-order valence-corrected chi connectivity index (χ4v) is 1.28. The summed E-state index contributed by atoms with van der Waals surface area (Å²) in [7, 11) is 0. The van der Waals surface area contributed by atoms with E-state index in [9.17, 15) is 0 Å². The zero-order chi connectivity index (χ0) is 10.2. The molecule has 0 bridgehead atoms. The monoisotopic (exact) mass is 278 g/mol. The molecule has 0 aliphatic rings. The lowest BCUT2D eigenvalue weighted by molar-refractivity contribution is 0.111. The fraction of sp³-hybridized carbons (Fsp3) is 0.400. The van der Waals surface area contributed by atoms with Crippen LogP contribution in [0.4, 0.5) is 0 Å². The largest absolute Gasteiger partial charge is 0.491 e. The summed E-state index contributed by atoms with van der Waals surface area (Å²) in [6.45, 7) is 1.70. The Morgan fingerprint density at radius 3 is 2.43 bits per heavy atom. The summed E-state index contributed by atoms with van der Waals surface area (Å²) in [5.74, 6) is 1.38. The molecule has 0 saturated heterocycles. The Balaban J connectivity index is 2.15. The minimum absolute atomic E-state index is 0.526. The van der Waals surface area contributed by atoms with Crippen molar-refractivity contribution in [3.63, 3.8) is 0 Å². The first-order valence-electron chi connectivity index (χ1n) is 4.35. The Kier molecular flexibility index (Phi) is 5.99. The van der Waals surface area contributed by atoms with E-state index in [1.54, 1.807) is 0 Å². The maximum atomic E-state index is 5.44. The highest BCUT2D eigenvalue weighted by Gasteiger charge is 1.93. The van der Waals surface area contributed by atoms with Gasteiger partial charge in [0.2, 0.25) is 0 Å². The van der Waals surface area contributed by atoms with E-state index in [0.717, 1.165) is 10.2 Å². The van der Waals surface area contributed by atoms with Crippen molar-refractivity contribution in [3.05, 3.63) is 28.7 Å². The Labute approximate surface area is 97.3 Å². The van der Waals surface area contributed by atoms with Crippen LogP contribution >= 0.6 is 27.5 Å². The average Bonchev–Trinajstić information content (AvgIpc) is 2.21. The van der Waals surface area contributed by atoms with Gasteiger partial charge in [-0.15, -0.1) is 11.6 Å². The van der Waals surface area contributed by atoms with E-state index in [4.69, 9.17) is 21.1 Å². The zero-order valence-corrected chi connectivity index (χ0v) is 10.1. The highest BCUT2D eigenvalue weighted by Crippen LogP contribution is 2.15. The van der Waals surface area contributed by atoms with Gasteiger partial charge in [0.25, 0.3) is 0 Å². The highest BCUT2D eigenvalue weighted by atomic mass is 79.9. The van der Waals surface area contributed by atoms with E-state index >= 15 is 0 Å². The third kappa shape index (κ3) is 4.84. The lowest BCUT2D eigenvalue weighted by atomic mass is 10.3. The third-order valence-electron chi connectivity index (χ3n) is 1.53. The minimum Gasteiger partial charge on any atom is -0.491 e. The van der Waals surface area contributed by atoms with Gasteiger partial charge < -0.3 is 9.47 Å². The first-order valence-corrected chi connectivity index (χ1v) is 5.68. The number of benzene rings is 1. The lowest BCUT2D eigenvalue weighted by Crippen LogP contribution is -2.07. The van der Waals surface area contributed by atoms with Gasteiger partial charge in [-0.05, 0) is 24.3 Å². The fourth-order valence-electron chi connectivity index (χ4n) is 0.906. The first kappa shape index (κ1) is 11.8. The number of hydrogen-bond donors (Lipinski definition) is 0. The van der Waals surface area contributed by atoms with Crippen LogP contribution in [0.15, 0.2) is 28.7 Å². The summed E-state index contributed by atoms with van der Waals surface area (Å²) in [6.07, 6.45) is 0. The highest BCUT2D eigenvalue weighted by molar-refractivity contribution is 9.10. The molecule has 1 rings (SSSR count). The maximum Gasteiger partial charge on any atom is 0.119 e. The van der Waals surface area contributed by atoms with Gasteiger partial charge in [0.15, 0.2) is 0 Å². The van der Waals surface area contributed by atoms with Crippen molar-refractivity contribution in [1.82, 2.24) is 0 Å². The molecule has 1 aromatic rings. The standard InChI is InChI=1S/C10H12BrClO2/c11-9-1-3-10(4-2-9)14-8-7-13-6-5-12/h1-4H,5-8H2. The summed E-state index contributed by atoms with van der Waals surface area (Å²) in [5.41, 5.74) is 0. The molecule has 0 aromatic heterocycles. The van der Waals surface area contributed by atoms with Crippen LogP contribution in [-0.4, -0.2) is 25.7 Å². The van der Waals surface area contributed by atoms with Gasteiger partial charge in [-0.25, -0.2) is 0 Å².